The molecule has 1 aliphatic rings. The van der Waals surface area contributed by atoms with Crippen LogP contribution in [0.4, 0.5) is 5.82 Å². The molecule has 7 nitrogen and oxygen atoms in total. The third kappa shape index (κ3) is 4.39. The summed E-state index contributed by atoms with van der Waals surface area (Å²) in [6, 6.07) is 8.92. The van der Waals surface area contributed by atoms with Gasteiger partial charge in [-0.3, -0.25) is 4.79 Å². The van der Waals surface area contributed by atoms with E-state index >= 15 is 0 Å². The van der Waals surface area contributed by atoms with Crippen LogP contribution in [0.3, 0.4) is 0 Å². The Labute approximate surface area is 146 Å². The predicted octanol–water partition coefficient (Wildman–Crippen LogP) is 1.88. The van der Waals surface area contributed by atoms with Crippen molar-refractivity contribution in [3.63, 3.8) is 0 Å². The summed E-state index contributed by atoms with van der Waals surface area (Å²) in [6.07, 6.45) is 0.506. The number of carbonyl (C=O) groups excluding carboxylic acids is 1. The van der Waals surface area contributed by atoms with Crippen LogP contribution in [0.2, 0.25) is 0 Å². The molecule has 8 heteroatoms. The highest BCUT2D eigenvalue weighted by Crippen LogP contribution is 2.27. The largest absolute Gasteiger partial charge is 0.484 e. The Balaban J connectivity index is 1.64. The van der Waals surface area contributed by atoms with Crippen molar-refractivity contribution in [3.05, 3.63) is 41.6 Å². The first kappa shape index (κ1) is 17.5. The fraction of sp³-hybridized carbons (Fsp3) is 0.412. The lowest BCUT2D eigenvalue weighted by Gasteiger charge is -2.14. The lowest BCUT2D eigenvalue weighted by atomic mass is 10.2. The van der Waals surface area contributed by atoms with Gasteiger partial charge in [0, 0.05) is 6.07 Å². The molecule has 1 aliphatic heterocycles. The van der Waals surface area contributed by atoms with Crippen LogP contribution in [0.5, 0.6) is 5.75 Å². The molecule has 1 saturated heterocycles. The summed E-state index contributed by atoms with van der Waals surface area (Å²) in [6.45, 7) is 3.65. The third-order valence-corrected chi connectivity index (χ3v) is 5.82. The number of amides is 1. The Morgan fingerprint density at radius 3 is 2.68 bits per heavy atom. The van der Waals surface area contributed by atoms with Gasteiger partial charge in [-0.2, -0.15) is 5.10 Å². The molecule has 3 rings (SSSR count). The Bertz CT molecular complexity index is 872. The van der Waals surface area contributed by atoms with E-state index < -0.39 is 9.84 Å². The number of hydrogen-bond acceptors (Lipinski definition) is 5. The first-order valence-corrected chi connectivity index (χ1v) is 9.90. The molecule has 1 aromatic carbocycles. The third-order valence-electron chi connectivity index (χ3n) is 4.07. The molecule has 1 amide bonds. The van der Waals surface area contributed by atoms with Gasteiger partial charge in [-0.25, -0.2) is 13.1 Å². The van der Waals surface area contributed by atoms with Gasteiger partial charge in [0.05, 0.1) is 23.2 Å². The highest BCUT2D eigenvalue weighted by molar-refractivity contribution is 7.91. The summed E-state index contributed by atoms with van der Waals surface area (Å²) in [5.74, 6) is 1.00. The van der Waals surface area contributed by atoms with Gasteiger partial charge in [-0.05, 0) is 32.4 Å². The highest BCUT2D eigenvalue weighted by Gasteiger charge is 2.31. The average molecular weight is 363 g/mol. The average Bonchev–Trinajstić information content (AvgIpc) is 3.08. The molecule has 0 bridgehead atoms. The second-order valence-corrected chi connectivity index (χ2v) is 8.55. The second-order valence-electron chi connectivity index (χ2n) is 6.32. The van der Waals surface area contributed by atoms with Crippen molar-refractivity contribution in [2.75, 3.05) is 23.4 Å². The van der Waals surface area contributed by atoms with Gasteiger partial charge < -0.3 is 10.1 Å². The van der Waals surface area contributed by atoms with Gasteiger partial charge in [-0.1, -0.05) is 17.7 Å². The van der Waals surface area contributed by atoms with Crippen LogP contribution in [-0.4, -0.2) is 42.2 Å². The molecule has 1 fully saturated rings. The maximum Gasteiger partial charge on any atom is 0.263 e. The number of nitrogens with zero attached hydrogens (tertiary/aromatic N) is 2. The van der Waals surface area contributed by atoms with E-state index in [1.54, 1.807) is 29.8 Å². The molecular formula is C17H21N3O4S. The number of carbonyl (C=O) groups is 1. The predicted molar refractivity (Wildman–Crippen MR) is 94.6 cm³/mol. The Hall–Kier alpha value is -2.35. The smallest absolute Gasteiger partial charge is 0.263 e. The zero-order valence-electron chi connectivity index (χ0n) is 14.2. The van der Waals surface area contributed by atoms with E-state index in [0.717, 1.165) is 11.3 Å². The Morgan fingerprint density at radius 1 is 1.32 bits per heavy atom. The fourth-order valence-corrected chi connectivity index (χ4v) is 4.51. The molecule has 1 N–H and O–H groups in total. The molecule has 0 saturated carbocycles. The van der Waals surface area contributed by atoms with Crippen LogP contribution < -0.4 is 10.1 Å². The summed E-state index contributed by atoms with van der Waals surface area (Å²) in [4.78, 5) is 12.2. The first-order valence-electron chi connectivity index (χ1n) is 8.08. The van der Waals surface area contributed by atoms with Gasteiger partial charge >= 0.3 is 0 Å². The van der Waals surface area contributed by atoms with Crippen LogP contribution in [0.15, 0.2) is 30.3 Å². The van der Waals surface area contributed by atoms with Crippen molar-refractivity contribution in [3.8, 4) is 5.75 Å². The standard InChI is InChI=1S/C17H21N3O4S/c1-12-3-5-15(6-4-12)24-10-17(21)18-16-9-13(2)19-20(16)14-7-8-25(22,23)11-14/h3-6,9,14H,7-8,10-11H2,1-2H3,(H,18,21)/t14-/m0/s1. The van der Waals surface area contributed by atoms with Crippen molar-refractivity contribution >= 4 is 21.6 Å². The SMILES string of the molecule is Cc1ccc(OCC(=O)Nc2cc(C)nn2[C@H]2CCS(=O)(=O)C2)cc1. The zero-order chi connectivity index (χ0) is 18.0. The molecule has 0 aliphatic carbocycles. The number of ether oxygens (including phenoxy) is 1. The normalized spacial score (nSPS) is 18.9. The number of nitrogens with one attached hydrogen (secondary N) is 1. The van der Waals surface area contributed by atoms with Crippen molar-refractivity contribution in [2.24, 2.45) is 0 Å². The van der Waals surface area contributed by atoms with Crippen molar-refractivity contribution in [1.29, 1.82) is 0 Å². The number of aryl methyl sites for hydroxylation is 2. The van der Waals surface area contributed by atoms with Crippen molar-refractivity contribution in [2.45, 2.75) is 26.3 Å². The van der Waals surface area contributed by atoms with Gasteiger partial charge in [-0.15, -0.1) is 0 Å². The van der Waals surface area contributed by atoms with Crippen molar-refractivity contribution in [1.82, 2.24) is 9.78 Å². The number of rotatable bonds is 5. The van der Waals surface area contributed by atoms with Gasteiger partial charge in [0.2, 0.25) is 0 Å². The summed E-state index contributed by atoms with van der Waals surface area (Å²) in [5, 5.41) is 7.09. The van der Waals surface area contributed by atoms with Crippen LogP contribution in [-0.2, 0) is 14.6 Å². The van der Waals surface area contributed by atoms with Gasteiger partial charge in [0.15, 0.2) is 16.4 Å². The van der Waals surface area contributed by atoms with E-state index in [-0.39, 0.29) is 30.1 Å². The van der Waals surface area contributed by atoms with E-state index in [2.05, 4.69) is 10.4 Å². The number of hydrogen-bond donors (Lipinski definition) is 1. The lowest BCUT2D eigenvalue weighted by Crippen LogP contribution is -2.23. The molecule has 1 aromatic heterocycles. The molecule has 0 radical (unpaired) electrons. The van der Waals surface area contributed by atoms with Crippen molar-refractivity contribution < 1.29 is 17.9 Å². The molecule has 0 spiro atoms. The monoisotopic (exact) mass is 363 g/mol. The lowest BCUT2D eigenvalue weighted by molar-refractivity contribution is -0.118. The summed E-state index contributed by atoms with van der Waals surface area (Å²) < 4.78 is 30.4. The molecule has 134 valence electrons. The van der Waals surface area contributed by atoms with Crippen LogP contribution >= 0.6 is 0 Å². The van der Waals surface area contributed by atoms with E-state index in [0.29, 0.717) is 18.0 Å². The van der Waals surface area contributed by atoms with Gasteiger partial charge in [0.25, 0.3) is 5.91 Å². The maximum absolute atomic E-state index is 12.2. The minimum atomic E-state index is -3.03. The Kier molecular flexibility index (Phi) is 4.80. The number of anilines is 1. The minimum absolute atomic E-state index is 0.0524. The number of sulfone groups is 1. The minimum Gasteiger partial charge on any atom is -0.484 e. The number of aromatic nitrogens is 2. The summed E-state index contributed by atoms with van der Waals surface area (Å²) >= 11 is 0. The van der Waals surface area contributed by atoms with Gasteiger partial charge in [0.1, 0.15) is 11.6 Å². The van der Waals surface area contributed by atoms with Crippen LogP contribution in [0, 0.1) is 13.8 Å². The summed E-state index contributed by atoms with van der Waals surface area (Å²) in [7, 11) is -3.03. The quantitative estimate of drug-likeness (QED) is 0.876. The second kappa shape index (κ2) is 6.87. The topological polar surface area (TPSA) is 90.3 Å². The van der Waals surface area contributed by atoms with Crippen LogP contribution in [0.1, 0.15) is 23.7 Å². The molecular weight excluding hydrogens is 342 g/mol. The molecule has 2 aromatic rings. The number of benzene rings is 1. The first-order chi connectivity index (χ1) is 11.8. The zero-order valence-corrected chi connectivity index (χ0v) is 15.0. The Morgan fingerprint density at radius 2 is 2.04 bits per heavy atom. The van der Waals surface area contributed by atoms with Crippen LogP contribution in [0.25, 0.3) is 0 Å². The molecule has 0 unspecified atom stereocenters. The molecule has 1 atom stereocenters. The highest BCUT2D eigenvalue weighted by atomic mass is 32.2. The molecule has 25 heavy (non-hydrogen) atoms. The summed E-state index contributed by atoms with van der Waals surface area (Å²) in [5.41, 5.74) is 1.83. The van der Waals surface area contributed by atoms with E-state index in [1.165, 1.54) is 0 Å². The maximum atomic E-state index is 12.2. The van der Waals surface area contributed by atoms with E-state index in [1.807, 2.05) is 19.1 Å². The van der Waals surface area contributed by atoms with E-state index in [4.69, 9.17) is 4.74 Å². The van der Waals surface area contributed by atoms with E-state index in [9.17, 15) is 13.2 Å². The molecule has 2 heterocycles. The fourth-order valence-electron chi connectivity index (χ4n) is 2.82.